The Hall–Kier alpha value is -3.44. The number of carbonyl (C=O) groups is 1. The summed E-state index contributed by atoms with van der Waals surface area (Å²) in [6, 6.07) is 18.7. The number of rotatable bonds is 7. The van der Waals surface area contributed by atoms with E-state index in [9.17, 15) is 4.79 Å². The number of nitrogens with zero attached hydrogens (tertiary/aromatic N) is 2. The number of nitrogens with one attached hydrogen (secondary N) is 1. The van der Waals surface area contributed by atoms with Gasteiger partial charge >= 0.3 is 0 Å². The van der Waals surface area contributed by atoms with Crippen molar-refractivity contribution in [2.24, 2.45) is 5.10 Å². The Bertz CT molecular complexity index is 953. The van der Waals surface area contributed by atoms with Gasteiger partial charge in [0.2, 0.25) is 0 Å². The first-order valence-corrected chi connectivity index (χ1v) is 8.95. The molecule has 0 unspecified atom stereocenters. The van der Waals surface area contributed by atoms with Gasteiger partial charge in [-0.1, -0.05) is 54.1 Å². The number of aromatic nitrogens is 1. The molecule has 1 aromatic heterocycles. The van der Waals surface area contributed by atoms with E-state index in [0.717, 1.165) is 16.7 Å². The zero-order chi connectivity index (χ0) is 19.6. The van der Waals surface area contributed by atoms with Gasteiger partial charge in [0.1, 0.15) is 5.75 Å². The summed E-state index contributed by atoms with van der Waals surface area (Å²) < 4.78 is 5.46. The molecule has 140 valence electrons. The highest BCUT2D eigenvalue weighted by atomic mass is 35.5. The van der Waals surface area contributed by atoms with Gasteiger partial charge in [-0.05, 0) is 41.5 Å². The number of benzene rings is 2. The normalized spacial score (nSPS) is 11.0. The zero-order valence-corrected chi connectivity index (χ0v) is 15.7. The van der Waals surface area contributed by atoms with Gasteiger partial charge < -0.3 is 4.74 Å². The minimum Gasteiger partial charge on any atom is -0.484 e. The second-order valence-corrected chi connectivity index (χ2v) is 6.26. The van der Waals surface area contributed by atoms with Crippen LogP contribution in [-0.2, 0) is 4.79 Å². The van der Waals surface area contributed by atoms with Crippen LogP contribution in [0.3, 0.4) is 0 Å². The highest BCUT2D eigenvalue weighted by Crippen LogP contribution is 2.16. The van der Waals surface area contributed by atoms with Gasteiger partial charge in [0.25, 0.3) is 5.91 Å². The van der Waals surface area contributed by atoms with E-state index in [1.165, 1.54) is 6.21 Å². The van der Waals surface area contributed by atoms with Crippen LogP contribution >= 0.6 is 11.6 Å². The van der Waals surface area contributed by atoms with Crippen LogP contribution in [0.4, 0.5) is 0 Å². The van der Waals surface area contributed by atoms with Crippen LogP contribution in [0.1, 0.15) is 16.7 Å². The lowest BCUT2D eigenvalue weighted by Gasteiger charge is -2.05. The van der Waals surface area contributed by atoms with Crippen molar-refractivity contribution < 1.29 is 9.53 Å². The second kappa shape index (κ2) is 10.0. The molecule has 0 aliphatic heterocycles. The topological polar surface area (TPSA) is 63.6 Å². The van der Waals surface area contributed by atoms with Gasteiger partial charge in [-0.3, -0.25) is 9.78 Å². The number of amides is 1. The minimum atomic E-state index is -0.341. The molecule has 1 heterocycles. The van der Waals surface area contributed by atoms with Crippen molar-refractivity contribution in [1.29, 1.82) is 0 Å². The highest BCUT2D eigenvalue weighted by Gasteiger charge is 2.01. The molecule has 0 aliphatic rings. The molecule has 0 saturated carbocycles. The Morgan fingerprint density at radius 2 is 1.68 bits per heavy atom. The van der Waals surface area contributed by atoms with Crippen LogP contribution in [0.5, 0.6) is 5.75 Å². The molecule has 2 aromatic carbocycles. The van der Waals surface area contributed by atoms with Crippen LogP contribution in [0.25, 0.3) is 12.2 Å². The van der Waals surface area contributed by atoms with Gasteiger partial charge in [-0.2, -0.15) is 5.10 Å². The van der Waals surface area contributed by atoms with E-state index in [1.54, 1.807) is 18.5 Å². The number of hydrogen-bond donors (Lipinski definition) is 1. The fourth-order valence-corrected chi connectivity index (χ4v) is 2.38. The van der Waals surface area contributed by atoms with Gasteiger partial charge in [-0.15, -0.1) is 0 Å². The van der Waals surface area contributed by atoms with Crippen molar-refractivity contribution in [3.8, 4) is 5.75 Å². The highest BCUT2D eigenvalue weighted by molar-refractivity contribution is 6.30. The Kier molecular flexibility index (Phi) is 6.93. The molecular formula is C22H18ClN3O2. The third kappa shape index (κ3) is 6.37. The number of hydrazone groups is 1. The second-order valence-electron chi connectivity index (χ2n) is 5.82. The predicted molar refractivity (Wildman–Crippen MR) is 112 cm³/mol. The minimum absolute atomic E-state index is 0.121. The van der Waals surface area contributed by atoms with E-state index in [1.807, 2.05) is 66.7 Å². The third-order valence-corrected chi connectivity index (χ3v) is 3.93. The molecule has 1 N–H and O–H groups in total. The van der Waals surface area contributed by atoms with Crippen LogP contribution in [-0.4, -0.2) is 23.7 Å². The molecule has 1 amide bonds. The summed E-state index contributed by atoms with van der Waals surface area (Å²) >= 11 is 5.88. The standard InChI is InChI=1S/C22H18ClN3O2/c23-20-9-5-17(6-10-20)3-4-18-7-11-21(12-8-18)28-16-22(27)26-25-15-19-2-1-13-24-14-19/h1-15H,16H2,(H,26,27)/b4-3+,25-15+. The molecule has 5 nitrogen and oxygen atoms in total. The van der Waals surface area contributed by atoms with Crippen molar-refractivity contribution in [3.63, 3.8) is 0 Å². The van der Waals surface area contributed by atoms with E-state index >= 15 is 0 Å². The van der Waals surface area contributed by atoms with E-state index in [2.05, 4.69) is 15.5 Å². The summed E-state index contributed by atoms with van der Waals surface area (Å²) in [5.74, 6) is 0.266. The molecule has 0 spiro atoms. The van der Waals surface area contributed by atoms with Crippen LogP contribution in [0.2, 0.25) is 5.02 Å². The first-order chi connectivity index (χ1) is 13.7. The maximum atomic E-state index is 11.8. The summed E-state index contributed by atoms with van der Waals surface area (Å²) in [7, 11) is 0. The molecule has 6 heteroatoms. The lowest BCUT2D eigenvalue weighted by molar-refractivity contribution is -0.123. The van der Waals surface area contributed by atoms with E-state index < -0.39 is 0 Å². The number of carbonyl (C=O) groups excluding carboxylic acids is 1. The lowest BCUT2D eigenvalue weighted by Crippen LogP contribution is -2.24. The largest absolute Gasteiger partial charge is 0.484 e. The van der Waals surface area contributed by atoms with Crippen molar-refractivity contribution in [1.82, 2.24) is 10.4 Å². The van der Waals surface area contributed by atoms with Gasteiger partial charge in [0.15, 0.2) is 6.61 Å². The number of pyridine rings is 1. The molecule has 0 atom stereocenters. The Morgan fingerprint density at radius 1 is 1.00 bits per heavy atom. The Morgan fingerprint density at radius 3 is 2.32 bits per heavy atom. The summed E-state index contributed by atoms with van der Waals surface area (Å²) in [4.78, 5) is 15.7. The molecule has 0 bridgehead atoms. The molecule has 3 rings (SSSR count). The van der Waals surface area contributed by atoms with Crippen LogP contribution < -0.4 is 10.2 Å². The molecule has 0 saturated heterocycles. The molecule has 28 heavy (non-hydrogen) atoms. The molecular weight excluding hydrogens is 374 g/mol. The monoisotopic (exact) mass is 391 g/mol. The quantitative estimate of drug-likeness (QED) is 0.368. The smallest absolute Gasteiger partial charge is 0.277 e. The van der Waals surface area contributed by atoms with Gasteiger partial charge in [0, 0.05) is 23.0 Å². The molecule has 0 radical (unpaired) electrons. The maximum absolute atomic E-state index is 11.8. The molecule has 0 aliphatic carbocycles. The average Bonchev–Trinajstić information content (AvgIpc) is 2.73. The van der Waals surface area contributed by atoms with Crippen LogP contribution in [0, 0.1) is 0 Å². The summed E-state index contributed by atoms with van der Waals surface area (Å²) in [6.45, 7) is -0.121. The number of ether oxygens (including phenoxy) is 1. The fourth-order valence-electron chi connectivity index (χ4n) is 2.25. The van der Waals surface area contributed by atoms with E-state index in [0.29, 0.717) is 10.8 Å². The predicted octanol–water partition coefficient (Wildman–Crippen LogP) is 4.43. The third-order valence-electron chi connectivity index (χ3n) is 3.68. The zero-order valence-electron chi connectivity index (χ0n) is 15.0. The first kappa shape index (κ1) is 19.3. The number of hydrogen-bond acceptors (Lipinski definition) is 4. The first-order valence-electron chi connectivity index (χ1n) is 8.57. The Balaban J connectivity index is 1.45. The van der Waals surface area contributed by atoms with Crippen molar-refractivity contribution in [2.75, 3.05) is 6.61 Å². The Labute approximate surface area is 168 Å². The van der Waals surface area contributed by atoms with Crippen molar-refractivity contribution in [2.45, 2.75) is 0 Å². The molecule has 3 aromatic rings. The van der Waals surface area contributed by atoms with E-state index in [-0.39, 0.29) is 12.5 Å². The van der Waals surface area contributed by atoms with Crippen molar-refractivity contribution in [3.05, 3.63) is 94.8 Å². The van der Waals surface area contributed by atoms with Crippen molar-refractivity contribution >= 4 is 35.9 Å². The SMILES string of the molecule is O=C(COc1ccc(/C=C/c2ccc(Cl)cc2)cc1)N/N=C/c1cccnc1. The lowest BCUT2D eigenvalue weighted by atomic mass is 10.1. The summed E-state index contributed by atoms with van der Waals surface area (Å²) in [5, 5.41) is 4.58. The van der Waals surface area contributed by atoms with Crippen LogP contribution in [0.15, 0.2) is 78.2 Å². The van der Waals surface area contributed by atoms with E-state index in [4.69, 9.17) is 16.3 Å². The van der Waals surface area contributed by atoms with Gasteiger partial charge in [0.05, 0.1) is 6.21 Å². The molecule has 0 fully saturated rings. The maximum Gasteiger partial charge on any atom is 0.277 e. The fraction of sp³-hybridized carbons (Fsp3) is 0.0455. The number of halogens is 1. The summed E-state index contributed by atoms with van der Waals surface area (Å²) in [5.41, 5.74) is 5.29. The average molecular weight is 392 g/mol. The summed E-state index contributed by atoms with van der Waals surface area (Å²) in [6.07, 6.45) is 8.83. The van der Waals surface area contributed by atoms with Gasteiger partial charge in [-0.25, -0.2) is 5.43 Å².